The maximum absolute atomic E-state index is 10.4. The van der Waals surface area contributed by atoms with E-state index in [-0.39, 0.29) is 11.3 Å². The van der Waals surface area contributed by atoms with Gasteiger partial charge in [-0.15, -0.1) is 0 Å². The van der Waals surface area contributed by atoms with E-state index in [0.717, 1.165) is 0 Å². The number of nitrogens with zero attached hydrogens (tertiary/aromatic N) is 1. The zero-order valence-corrected chi connectivity index (χ0v) is 6.56. The highest BCUT2D eigenvalue weighted by Crippen LogP contribution is 2.15. The first-order valence-corrected chi connectivity index (χ1v) is 3.44. The molecule has 0 heterocycles. The molecule has 0 saturated heterocycles. The van der Waals surface area contributed by atoms with Crippen LogP contribution >= 0.6 is 0 Å². The Hall–Kier alpha value is -2.15. The van der Waals surface area contributed by atoms with E-state index in [1.165, 1.54) is 12.1 Å². The minimum Gasteiger partial charge on any atom is -0.289 e. The van der Waals surface area contributed by atoms with Crippen molar-refractivity contribution in [3.05, 3.63) is 39.9 Å². The first-order chi connectivity index (χ1) is 6.25. The molecule has 0 amide bonds. The number of carbonyl (C=O) groups is 1. The van der Waals surface area contributed by atoms with Gasteiger partial charge in [-0.2, -0.15) is 0 Å². The fourth-order valence-corrected chi connectivity index (χ4v) is 0.846. The molecule has 13 heavy (non-hydrogen) atoms. The van der Waals surface area contributed by atoms with Crippen LogP contribution in [0.2, 0.25) is 0 Å². The van der Waals surface area contributed by atoms with Crippen molar-refractivity contribution in [2.45, 2.75) is 0 Å². The highest BCUT2D eigenvalue weighted by molar-refractivity contribution is 5.74. The van der Waals surface area contributed by atoms with Crippen LogP contribution in [0.15, 0.2) is 24.3 Å². The number of benzene rings is 1. The van der Waals surface area contributed by atoms with Gasteiger partial charge in [0.15, 0.2) is 6.29 Å². The Morgan fingerprint density at radius 3 is 2.69 bits per heavy atom. The molecule has 0 bridgehead atoms. The monoisotopic (exact) mass is 175 g/mol. The van der Waals surface area contributed by atoms with Crippen molar-refractivity contribution in [1.29, 1.82) is 0 Å². The summed E-state index contributed by atoms with van der Waals surface area (Å²) in [5.74, 6) is 4.51. The van der Waals surface area contributed by atoms with E-state index in [1.54, 1.807) is 12.1 Å². The molecule has 4 heteroatoms. The second-order valence-electron chi connectivity index (χ2n) is 2.16. The first-order valence-electron chi connectivity index (χ1n) is 3.44. The Morgan fingerprint density at radius 1 is 1.38 bits per heavy atom. The Balaban J connectivity index is 3.19. The summed E-state index contributed by atoms with van der Waals surface area (Å²) in [6, 6.07) is 6.01. The summed E-state index contributed by atoms with van der Waals surface area (Å²) in [5.41, 5.74) is 0.163. The Bertz CT molecular complexity index is 401. The summed E-state index contributed by atoms with van der Waals surface area (Å²) in [6.45, 7) is 0. The van der Waals surface area contributed by atoms with Crippen molar-refractivity contribution in [2.75, 3.05) is 0 Å². The summed E-state index contributed by atoms with van der Waals surface area (Å²) in [7, 11) is 0. The highest BCUT2D eigenvalue weighted by Gasteiger charge is 2.08. The van der Waals surface area contributed by atoms with Gasteiger partial charge in [-0.3, -0.25) is 14.9 Å². The second kappa shape index (κ2) is 4.02. The van der Waals surface area contributed by atoms with Gasteiger partial charge >= 0.3 is 0 Å². The number of aldehydes is 1. The second-order valence-corrected chi connectivity index (χ2v) is 2.16. The lowest BCUT2D eigenvalue weighted by Crippen LogP contribution is -1.91. The van der Waals surface area contributed by atoms with E-state index >= 15 is 0 Å². The molecule has 64 valence electrons. The van der Waals surface area contributed by atoms with Crippen LogP contribution in [-0.2, 0) is 4.79 Å². The average Bonchev–Trinajstić information content (AvgIpc) is 2.15. The lowest BCUT2D eigenvalue weighted by Gasteiger charge is -1.92. The van der Waals surface area contributed by atoms with Crippen LogP contribution in [0, 0.1) is 22.0 Å². The third-order valence-corrected chi connectivity index (χ3v) is 1.37. The summed E-state index contributed by atoms with van der Waals surface area (Å²) >= 11 is 0. The van der Waals surface area contributed by atoms with Crippen molar-refractivity contribution >= 4 is 12.0 Å². The molecule has 0 fully saturated rings. The summed E-state index contributed by atoms with van der Waals surface area (Å²) in [5, 5.41) is 10.4. The van der Waals surface area contributed by atoms with E-state index in [9.17, 15) is 14.9 Å². The molecule has 0 aliphatic rings. The van der Waals surface area contributed by atoms with Gasteiger partial charge in [0.25, 0.3) is 5.69 Å². The van der Waals surface area contributed by atoms with Gasteiger partial charge < -0.3 is 0 Å². The molecule has 1 aromatic carbocycles. The molecular weight excluding hydrogens is 170 g/mol. The van der Waals surface area contributed by atoms with Crippen LogP contribution in [0.1, 0.15) is 5.56 Å². The number of nitro groups is 1. The third kappa shape index (κ3) is 2.14. The molecule has 0 aromatic heterocycles. The lowest BCUT2D eigenvalue weighted by atomic mass is 10.2. The average molecular weight is 175 g/mol. The molecule has 0 N–H and O–H groups in total. The molecule has 0 saturated carbocycles. The summed E-state index contributed by atoms with van der Waals surface area (Å²) in [4.78, 5) is 19.8. The normalized spacial score (nSPS) is 8.31. The van der Waals surface area contributed by atoms with Crippen molar-refractivity contribution in [2.24, 2.45) is 0 Å². The maximum atomic E-state index is 10.4. The number of hydrogen-bond acceptors (Lipinski definition) is 3. The number of carbonyl (C=O) groups excluding carboxylic acids is 1. The molecule has 0 aliphatic carbocycles. The largest absolute Gasteiger partial charge is 0.289 e. The van der Waals surface area contributed by atoms with Gasteiger partial charge in [0.2, 0.25) is 0 Å². The molecule has 0 spiro atoms. The van der Waals surface area contributed by atoms with Crippen molar-refractivity contribution in [3.8, 4) is 11.8 Å². The topological polar surface area (TPSA) is 60.2 Å². The number of para-hydroxylation sites is 1. The van der Waals surface area contributed by atoms with E-state index < -0.39 is 4.92 Å². The van der Waals surface area contributed by atoms with E-state index in [0.29, 0.717) is 6.29 Å². The van der Waals surface area contributed by atoms with Crippen molar-refractivity contribution in [1.82, 2.24) is 0 Å². The molecule has 0 unspecified atom stereocenters. The van der Waals surface area contributed by atoms with Gasteiger partial charge in [0.1, 0.15) is 5.56 Å². The van der Waals surface area contributed by atoms with Crippen LogP contribution in [0.5, 0.6) is 0 Å². The zero-order valence-electron chi connectivity index (χ0n) is 6.56. The third-order valence-electron chi connectivity index (χ3n) is 1.37. The molecule has 0 aliphatic heterocycles. The number of hydrogen-bond donors (Lipinski definition) is 0. The Morgan fingerprint density at radius 2 is 2.08 bits per heavy atom. The quantitative estimate of drug-likeness (QED) is 0.278. The molecule has 0 atom stereocenters. The minimum atomic E-state index is -0.533. The maximum Gasteiger partial charge on any atom is 0.284 e. The molecule has 1 aromatic rings. The first kappa shape index (κ1) is 8.94. The number of nitro benzene ring substituents is 1. The SMILES string of the molecule is O=CC#Cc1ccccc1[N+](=O)[O-]. The van der Waals surface area contributed by atoms with Crippen LogP contribution in [0.25, 0.3) is 0 Å². The Kier molecular flexibility index (Phi) is 2.77. The molecule has 1 rings (SSSR count). The van der Waals surface area contributed by atoms with Gasteiger partial charge in [0, 0.05) is 6.07 Å². The fraction of sp³-hybridized carbons (Fsp3) is 0. The highest BCUT2D eigenvalue weighted by atomic mass is 16.6. The van der Waals surface area contributed by atoms with E-state index in [1.807, 2.05) is 0 Å². The molecule has 4 nitrogen and oxygen atoms in total. The Labute approximate surface area is 74.3 Å². The van der Waals surface area contributed by atoms with Crippen LogP contribution in [-0.4, -0.2) is 11.2 Å². The number of rotatable bonds is 1. The fourth-order valence-electron chi connectivity index (χ4n) is 0.846. The van der Waals surface area contributed by atoms with Gasteiger partial charge in [-0.25, -0.2) is 0 Å². The summed E-state index contributed by atoms with van der Waals surface area (Å²) in [6.07, 6.45) is 0.400. The van der Waals surface area contributed by atoms with Crippen LogP contribution in [0.4, 0.5) is 5.69 Å². The van der Waals surface area contributed by atoms with E-state index in [4.69, 9.17) is 0 Å². The summed E-state index contributed by atoms with van der Waals surface area (Å²) < 4.78 is 0. The molecule has 0 radical (unpaired) electrons. The van der Waals surface area contributed by atoms with Crippen molar-refractivity contribution in [3.63, 3.8) is 0 Å². The van der Waals surface area contributed by atoms with Crippen LogP contribution < -0.4 is 0 Å². The van der Waals surface area contributed by atoms with Crippen LogP contribution in [0.3, 0.4) is 0 Å². The standard InChI is InChI=1S/C9H5NO3/c11-7-3-5-8-4-1-2-6-9(8)10(12)13/h1-2,4,6-7H. The zero-order chi connectivity index (χ0) is 9.68. The van der Waals surface area contributed by atoms with Crippen molar-refractivity contribution < 1.29 is 9.72 Å². The predicted octanol–water partition coefficient (Wildman–Crippen LogP) is 1.15. The lowest BCUT2D eigenvalue weighted by molar-refractivity contribution is -0.385. The van der Waals surface area contributed by atoms with Gasteiger partial charge in [-0.05, 0) is 12.0 Å². The van der Waals surface area contributed by atoms with Gasteiger partial charge in [0.05, 0.1) is 4.92 Å². The van der Waals surface area contributed by atoms with Gasteiger partial charge in [-0.1, -0.05) is 18.1 Å². The minimum absolute atomic E-state index is 0.0862. The predicted molar refractivity (Wildman–Crippen MR) is 46.0 cm³/mol. The molecular formula is C9H5NO3. The van der Waals surface area contributed by atoms with E-state index in [2.05, 4.69) is 11.8 Å². The smallest absolute Gasteiger partial charge is 0.284 e.